The van der Waals surface area contributed by atoms with Gasteiger partial charge >= 0.3 is 0 Å². The van der Waals surface area contributed by atoms with E-state index in [1.807, 2.05) is 23.0 Å². The van der Waals surface area contributed by atoms with Crippen LogP contribution in [0.3, 0.4) is 0 Å². The van der Waals surface area contributed by atoms with Crippen LogP contribution in [-0.4, -0.2) is 16.1 Å². The largest absolute Gasteiger partial charge is 0.284 e. The summed E-state index contributed by atoms with van der Waals surface area (Å²) in [7, 11) is 0. The van der Waals surface area contributed by atoms with E-state index in [9.17, 15) is 9.59 Å². The van der Waals surface area contributed by atoms with E-state index in [0.29, 0.717) is 29.1 Å². The van der Waals surface area contributed by atoms with Gasteiger partial charge in [0.05, 0.1) is 13.1 Å². The molecule has 3 aromatic carbocycles. The number of aryl methyl sites for hydroxylation is 3. The molecule has 1 aliphatic carbocycles. The van der Waals surface area contributed by atoms with Gasteiger partial charge in [0.15, 0.2) is 0 Å². The molecular weight excluding hydrogens is 480 g/mol. The zero-order valence-electron chi connectivity index (χ0n) is 23.3. The summed E-state index contributed by atoms with van der Waals surface area (Å²) in [5.41, 5.74) is 3.41. The van der Waals surface area contributed by atoms with Crippen molar-refractivity contribution in [3.8, 4) is 0 Å². The topological polar surface area (TPSA) is 43.0 Å². The average molecular weight is 522 g/mol. The van der Waals surface area contributed by atoms with Gasteiger partial charge in [-0.15, -0.1) is 0 Å². The van der Waals surface area contributed by atoms with Gasteiger partial charge in [-0.3, -0.25) is 9.59 Å². The van der Waals surface area contributed by atoms with Gasteiger partial charge < -0.3 is 0 Å². The summed E-state index contributed by atoms with van der Waals surface area (Å²) in [5.74, 6) is -0.0730. The summed E-state index contributed by atoms with van der Waals surface area (Å²) < 4.78 is 4.09. The lowest BCUT2D eigenvalue weighted by atomic mass is 9.89. The number of nitrogens with zero attached hydrogens (tertiary/aromatic N) is 2. The third kappa shape index (κ3) is 6.06. The van der Waals surface area contributed by atoms with E-state index < -0.39 is 0 Å². The summed E-state index contributed by atoms with van der Waals surface area (Å²) in [6.45, 7) is 3.68. The maximum Gasteiger partial charge on any atom is 0.244 e. The predicted molar refractivity (Wildman–Crippen MR) is 157 cm³/mol. The Hall–Kier alpha value is -3.53. The smallest absolute Gasteiger partial charge is 0.244 e. The van der Waals surface area contributed by atoms with Crippen molar-refractivity contribution in [1.29, 1.82) is 0 Å². The van der Waals surface area contributed by atoms with E-state index in [-0.39, 0.29) is 11.6 Å². The second-order valence-corrected chi connectivity index (χ2v) is 11.0. The lowest BCUT2D eigenvalue weighted by molar-refractivity contribution is -0.698. The number of unbranched alkanes of at least 4 members (excludes halogenated alkanes) is 9. The van der Waals surface area contributed by atoms with Crippen LogP contribution < -0.4 is 4.57 Å². The van der Waals surface area contributed by atoms with Crippen molar-refractivity contribution in [3.05, 3.63) is 101 Å². The standard InChI is InChI=1S/C35H41N2O2/c1-2-3-4-5-6-7-8-9-10-15-24-36-26-37(25-23-28-19-16-18-27-17-11-12-20-29(27)28)33-32(36)34(38)30-21-13-14-22-31(30)35(33)39/h11-14,16-22,26H,2-10,15,23-25H2,1H3/q+1. The highest BCUT2D eigenvalue weighted by Gasteiger charge is 2.40. The highest BCUT2D eigenvalue weighted by molar-refractivity contribution is 6.26. The number of ketones is 2. The van der Waals surface area contributed by atoms with Gasteiger partial charge in [0.25, 0.3) is 0 Å². The van der Waals surface area contributed by atoms with Crippen LogP contribution in [0.15, 0.2) is 73.1 Å². The number of carbonyl (C=O) groups is 2. The van der Waals surface area contributed by atoms with E-state index in [0.717, 1.165) is 25.8 Å². The molecule has 0 bridgehead atoms. The molecule has 0 amide bonds. The van der Waals surface area contributed by atoms with Crippen LogP contribution in [0.5, 0.6) is 0 Å². The molecular formula is C35H41N2O2+. The van der Waals surface area contributed by atoms with E-state index in [1.165, 1.54) is 67.7 Å². The number of imidazole rings is 1. The van der Waals surface area contributed by atoms with Crippen molar-refractivity contribution < 1.29 is 14.2 Å². The lowest BCUT2D eigenvalue weighted by Crippen LogP contribution is -2.40. The second-order valence-electron chi connectivity index (χ2n) is 11.0. The quantitative estimate of drug-likeness (QED) is 0.110. The fraction of sp³-hybridized carbons (Fsp3) is 0.400. The Bertz CT molecular complexity index is 1440. The normalized spacial score (nSPS) is 12.6. The fourth-order valence-corrected chi connectivity index (χ4v) is 6.03. The number of carbonyl (C=O) groups excluding carboxylic acids is 2. The van der Waals surface area contributed by atoms with Crippen LogP contribution in [0.25, 0.3) is 10.8 Å². The van der Waals surface area contributed by atoms with Crippen LogP contribution in [0.2, 0.25) is 0 Å². The summed E-state index contributed by atoms with van der Waals surface area (Å²) in [5, 5.41) is 2.47. The fourth-order valence-electron chi connectivity index (χ4n) is 6.03. The molecule has 0 spiro atoms. The summed E-state index contributed by atoms with van der Waals surface area (Å²) in [6.07, 6.45) is 15.5. The molecule has 1 aliphatic rings. The Balaban J connectivity index is 1.30. The van der Waals surface area contributed by atoms with Crippen molar-refractivity contribution in [1.82, 2.24) is 4.57 Å². The van der Waals surface area contributed by atoms with Gasteiger partial charge in [0.2, 0.25) is 29.3 Å². The van der Waals surface area contributed by atoms with Crippen LogP contribution in [0.1, 0.15) is 109 Å². The Morgan fingerprint density at radius 1 is 0.667 bits per heavy atom. The molecule has 0 aliphatic heterocycles. The lowest BCUT2D eigenvalue weighted by Gasteiger charge is -2.13. The molecule has 1 heterocycles. The predicted octanol–water partition coefficient (Wildman–Crippen LogP) is 7.87. The minimum Gasteiger partial charge on any atom is -0.284 e. The second kappa shape index (κ2) is 13.0. The number of hydrogen-bond donors (Lipinski definition) is 0. The molecule has 1 aromatic heterocycles. The molecule has 5 rings (SSSR count). The van der Waals surface area contributed by atoms with Crippen LogP contribution in [-0.2, 0) is 19.5 Å². The SMILES string of the molecule is CCCCCCCCCCCC[n+]1cn(CCc2cccc3ccccc23)c2c1C(=O)c1ccccc1C2=O. The molecule has 0 atom stereocenters. The molecule has 0 radical (unpaired) electrons. The molecule has 0 unspecified atom stereocenters. The van der Waals surface area contributed by atoms with E-state index >= 15 is 0 Å². The molecule has 39 heavy (non-hydrogen) atoms. The van der Waals surface area contributed by atoms with Gasteiger partial charge in [-0.25, -0.2) is 9.13 Å². The monoisotopic (exact) mass is 521 g/mol. The highest BCUT2D eigenvalue weighted by Crippen LogP contribution is 2.27. The maximum absolute atomic E-state index is 13.7. The molecule has 4 aromatic rings. The van der Waals surface area contributed by atoms with Crippen molar-refractivity contribution >= 4 is 22.3 Å². The number of hydrogen-bond acceptors (Lipinski definition) is 2. The summed E-state index contributed by atoms with van der Waals surface area (Å²) in [4.78, 5) is 27.3. The number of aromatic nitrogens is 2. The maximum atomic E-state index is 13.7. The summed E-state index contributed by atoms with van der Waals surface area (Å²) >= 11 is 0. The Morgan fingerprint density at radius 2 is 1.28 bits per heavy atom. The number of fused-ring (bicyclic) bond motifs is 3. The third-order valence-corrected chi connectivity index (χ3v) is 8.18. The van der Waals surface area contributed by atoms with Crippen molar-refractivity contribution in [2.45, 2.75) is 90.6 Å². The Kier molecular flexibility index (Phi) is 9.03. The first kappa shape index (κ1) is 27.1. The Labute approximate surface area is 232 Å². The van der Waals surface area contributed by atoms with Crippen molar-refractivity contribution in [2.24, 2.45) is 0 Å². The molecule has 0 fully saturated rings. The molecule has 0 N–H and O–H groups in total. The first-order valence-corrected chi connectivity index (χ1v) is 15.0. The summed E-state index contributed by atoms with van der Waals surface area (Å²) in [6, 6.07) is 22.1. The molecule has 4 nitrogen and oxygen atoms in total. The van der Waals surface area contributed by atoms with Gasteiger partial charge in [0, 0.05) is 17.5 Å². The zero-order valence-corrected chi connectivity index (χ0v) is 23.3. The van der Waals surface area contributed by atoms with Crippen molar-refractivity contribution in [2.75, 3.05) is 0 Å². The van der Waals surface area contributed by atoms with Gasteiger partial charge in [-0.2, -0.15) is 0 Å². The van der Waals surface area contributed by atoms with E-state index in [4.69, 9.17) is 0 Å². The average Bonchev–Trinajstić information content (AvgIpc) is 3.34. The van der Waals surface area contributed by atoms with Crippen molar-refractivity contribution in [3.63, 3.8) is 0 Å². The zero-order chi connectivity index (χ0) is 27.0. The molecule has 202 valence electrons. The molecule has 4 heteroatoms. The van der Waals surface area contributed by atoms with Crippen LogP contribution in [0, 0.1) is 0 Å². The van der Waals surface area contributed by atoms with Gasteiger partial charge in [0.1, 0.15) is 0 Å². The van der Waals surface area contributed by atoms with Crippen LogP contribution in [0.4, 0.5) is 0 Å². The minimum atomic E-state index is -0.0417. The Morgan fingerprint density at radius 3 is 2.03 bits per heavy atom. The van der Waals surface area contributed by atoms with E-state index in [2.05, 4.69) is 54.0 Å². The minimum absolute atomic E-state index is 0.0313. The highest BCUT2D eigenvalue weighted by atomic mass is 16.1. The molecule has 0 saturated carbocycles. The molecule has 0 saturated heterocycles. The first-order valence-electron chi connectivity index (χ1n) is 15.0. The first-order chi connectivity index (χ1) is 19.2. The van der Waals surface area contributed by atoms with E-state index in [1.54, 1.807) is 12.1 Å². The number of rotatable bonds is 14. The van der Waals surface area contributed by atoms with Crippen LogP contribution >= 0.6 is 0 Å². The number of benzene rings is 3. The third-order valence-electron chi connectivity index (χ3n) is 8.18. The van der Waals surface area contributed by atoms with Gasteiger partial charge in [-0.05, 0) is 29.2 Å². The van der Waals surface area contributed by atoms with Gasteiger partial charge in [-0.1, -0.05) is 125 Å².